The number of aromatic nitrogens is 3. The van der Waals surface area contributed by atoms with Crippen LogP contribution in [0.1, 0.15) is 45.2 Å². The van der Waals surface area contributed by atoms with Gasteiger partial charge >= 0.3 is 5.97 Å². The van der Waals surface area contributed by atoms with E-state index < -0.39 is 17.6 Å². The topological polar surface area (TPSA) is 105 Å². The van der Waals surface area contributed by atoms with Gasteiger partial charge in [-0.1, -0.05) is 6.07 Å². The molecule has 3 heterocycles. The van der Waals surface area contributed by atoms with Crippen molar-refractivity contribution in [3.05, 3.63) is 51.9 Å². The van der Waals surface area contributed by atoms with Gasteiger partial charge in [-0.2, -0.15) is 0 Å². The first-order chi connectivity index (χ1) is 17.9. The summed E-state index contributed by atoms with van der Waals surface area (Å²) >= 11 is 0. The zero-order chi connectivity index (χ0) is 27.6. The second kappa shape index (κ2) is 11.4. The molecule has 0 saturated carbocycles. The van der Waals surface area contributed by atoms with E-state index in [4.69, 9.17) is 19.2 Å². The zero-order valence-corrected chi connectivity index (χ0v) is 23.2. The Morgan fingerprint density at radius 3 is 2.66 bits per heavy atom. The molecule has 0 amide bonds. The fraction of sp³-hybridized carbons (Fsp3) is 0.552. The third-order valence-corrected chi connectivity index (χ3v) is 6.74. The van der Waals surface area contributed by atoms with E-state index in [2.05, 4.69) is 4.57 Å². The summed E-state index contributed by atoms with van der Waals surface area (Å²) in [6, 6.07) is 7.96. The summed E-state index contributed by atoms with van der Waals surface area (Å²) < 4.78 is 20.8. The largest absolute Gasteiger partial charge is 0.460 e. The van der Waals surface area contributed by atoms with Crippen LogP contribution in [0.3, 0.4) is 0 Å². The molecule has 1 aromatic carbocycles. The molecule has 3 aromatic rings. The average Bonchev–Trinajstić information content (AvgIpc) is 3.19. The van der Waals surface area contributed by atoms with Crippen LogP contribution in [0.2, 0.25) is 0 Å². The Morgan fingerprint density at radius 1 is 1.26 bits per heavy atom. The van der Waals surface area contributed by atoms with Crippen molar-refractivity contribution >= 4 is 17.0 Å². The summed E-state index contributed by atoms with van der Waals surface area (Å²) in [5, 5.41) is 10.3. The molecule has 0 bridgehead atoms. The van der Waals surface area contributed by atoms with E-state index in [0.717, 1.165) is 28.0 Å². The lowest BCUT2D eigenvalue weighted by Gasteiger charge is -2.25. The lowest BCUT2D eigenvalue weighted by atomic mass is 9.94. The van der Waals surface area contributed by atoms with Gasteiger partial charge in [0.2, 0.25) is 0 Å². The zero-order valence-electron chi connectivity index (χ0n) is 23.2. The Bertz CT molecular complexity index is 1320. The molecule has 9 nitrogen and oxygen atoms in total. The van der Waals surface area contributed by atoms with Crippen molar-refractivity contribution in [2.24, 2.45) is 13.0 Å². The minimum atomic E-state index is -0.815. The van der Waals surface area contributed by atoms with Gasteiger partial charge in [0, 0.05) is 24.4 Å². The molecular weight excluding hydrogens is 486 g/mol. The van der Waals surface area contributed by atoms with Crippen LogP contribution in [-0.2, 0) is 39.0 Å². The van der Waals surface area contributed by atoms with Gasteiger partial charge in [-0.05, 0) is 71.2 Å². The number of carbonyl (C=O) groups excluding carboxylic acids is 1. The summed E-state index contributed by atoms with van der Waals surface area (Å²) in [4.78, 5) is 30.0. The summed E-state index contributed by atoms with van der Waals surface area (Å²) in [5.41, 5.74) is 3.61. The summed E-state index contributed by atoms with van der Waals surface area (Å²) in [6.45, 7) is 11.1. The van der Waals surface area contributed by atoms with E-state index in [-0.39, 0.29) is 17.6 Å². The van der Waals surface area contributed by atoms with Crippen molar-refractivity contribution < 1.29 is 24.1 Å². The molecular formula is C29H39N3O6. The van der Waals surface area contributed by atoms with E-state index in [1.807, 2.05) is 45.0 Å². The quantitative estimate of drug-likeness (QED) is 0.450. The Kier molecular flexibility index (Phi) is 8.40. The maximum absolute atomic E-state index is 12.7. The lowest BCUT2D eigenvalue weighted by Crippen LogP contribution is -2.34. The highest BCUT2D eigenvalue weighted by molar-refractivity contribution is 5.81. The van der Waals surface area contributed by atoms with Gasteiger partial charge in [0.1, 0.15) is 11.4 Å². The van der Waals surface area contributed by atoms with Crippen molar-refractivity contribution in [2.45, 2.75) is 71.8 Å². The van der Waals surface area contributed by atoms with Gasteiger partial charge in [0.15, 0.2) is 0 Å². The summed E-state index contributed by atoms with van der Waals surface area (Å²) in [7, 11) is 1.74. The van der Waals surface area contributed by atoms with Crippen molar-refractivity contribution in [3.63, 3.8) is 0 Å². The van der Waals surface area contributed by atoms with Gasteiger partial charge in [0.05, 0.1) is 55.5 Å². The van der Waals surface area contributed by atoms with Crippen LogP contribution in [0, 0.1) is 12.8 Å². The van der Waals surface area contributed by atoms with E-state index in [1.54, 1.807) is 31.7 Å². The number of fused-ring (bicyclic) bond motifs is 1. The normalized spacial score (nSPS) is 17.9. The third kappa shape index (κ3) is 6.51. The fourth-order valence-electron chi connectivity index (χ4n) is 4.84. The number of rotatable bonds is 8. The smallest absolute Gasteiger partial charge is 0.312 e. The monoisotopic (exact) mass is 525 g/mol. The number of nitrogens with zero attached hydrogens (tertiary/aromatic N) is 3. The van der Waals surface area contributed by atoms with Crippen molar-refractivity contribution in [3.8, 4) is 11.4 Å². The molecule has 9 heteroatoms. The molecule has 38 heavy (non-hydrogen) atoms. The molecule has 1 fully saturated rings. The van der Waals surface area contributed by atoms with E-state index in [0.29, 0.717) is 44.8 Å². The maximum Gasteiger partial charge on any atom is 0.312 e. The second-order valence-corrected chi connectivity index (χ2v) is 11.2. The number of aliphatic hydroxyl groups excluding tert-OH is 1. The molecule has 1 unspecified atom stereocenters. The van der Waals surface area contributed by atoms with E-state index in [1.165, 1.54) is 0 Å². The van der Waals surface area contributed by atoms with Crippen LogP contribution in [0.15, 0.2) is 35.3 Å². The van der Waals surface area contributed by atoms with Crippen LogP contribution in [0.5, 0.6) is 0 Å². The Labute approximate surface area is 223 Å². The maximum atomic E-state index is 12.7. The van der Waals surface area contributed by atoms with Gasteiger partial charge in [-0.3, -0.25) is 9.59 Å². The van der Waals surface area contributed by atoms with Crippen LogP contribution < -0.4 is 5.56 Å². The second-order valence-electron chi connectivity index (χ2n) is 11.2. The number of ether oxygens (including phenoxy) is 3. The van der Waals surface area contributed by atoms with Crippen molar-refractivity contribution in [1.82, 2.24) is 14.1 Å². The highest BCUT2D eigenvalue weighted by atomic mass is 16.6. The Hall–Kier alpha value is -3.01. The number of benzene rings is 1. The van der Waals surface area contributed by atoms with Gasteiger partial charge in [-0.15, -0.1) is 0 Å². The van der Waals surface area contributed by atoms with Crippen molar-refractivity contribution in [1.29, 1.82) is 0 Å². The molecule has 1 aliphatic rings. The van der Waals surface area contributed by atoms with Crippen LogP contribution in [-0.4, -0.2) is 62.8 Å². The third-order valence-electron chi connectivity index (χ3n) is 6.74. The minimum absolute atomic E-state index is 0.0413. The first-order valence-corrected chi connectivity index (χ1v) is 13.2. The Balaban J connectivity index is 1.66. The number of hydrogen-bond acceptors (Lipinski definition) is 7. The number of carbonyl (C=O) groups is 1. The molecule has 206 valence electrons. The lowest BCUT2D eigenvalue weighted by molar-refractivity contribution is -0.163. The number of aliphatic hydroxyl groups is 1. The number of pyridine rings is 1. The van der Waals surface area contributed by atoms with E-state index >= 15 is 0 Å². The highest BCUT2D eigenvalue weighted by Gasteiger charge is 2.29. The molecule has 1 aliphatic heterocycles. The molecule has 1 saturated heterocycles. The molecule has 1 N–H and O–H groups in total. The number of hydrogen-bond donors (Lipinski definition) is 1. The predicted octanol–water partition coefficient (Wildman–Crippen LogP) is 3.40. The predicted molar refractivity (Wildman–Crippen MR) is 145 cm³/mol. The first kappa shape index (κ1) is 28.0. The molecule has 2 aromatic heterocycles. The van der Waals surface area contributed by atoms with Crippen LogP contribution in [0.4, 0.5) is 0 Å². The standard InChI is InChI=1S/C29H39N3O6/c1-18-13-21(15-31(6)27(18)34)26-30-24-14-20(7-9-23(19(2)33)28(35)38-29(3,4)5)8-10-25(24)32(26)16-22-17-36-11-12-37-22/h8,10,13-15,19,22-23,33H,7,9,11-12,16-17H2,1-6H3/t19-,22?,23+/m1/s1. The van der Waals surface area contributed by atoms with E-state index in [9.17, 15) is 14.7 Å². The molecule has 3 atom stereocenters. The fourth-order valence-corrected chi connectivity index (χ4v) is 4.84. The highest BCUT2D eigenvalue weighted by Crippen LogP contribution is 2.28. The molecule has 0 radical (unpaired) electrons. The summed E-state index contributed by atoms with van der Waals surface area (Å²) in [6.07, 6.45) is 1.93. The number of esters is 1. The molecule has 0 aliphatic carbocycles. The minimum Gasteiger partial charge on any atom is -0.460 e. The van der Waals surface area contributed by atoms with Crippen LogP contribution >= 0.6 is 0 Å². The summed E-state index contributed by atoms with van der Waals surface area (Å²) in [5.74, 6) is -0.254. The average molecular weight is 526 g/mol. The van der Waals surface area contributed by atoms with Gasteiger partial charge in [-0.25, -0.2) is 4.98 Å². The first-order valence-electron chi connectivity index (χ1n) is 13.2. The van der Waals surface area contributed by atoms with Gasteiger partial charge in [0.25, 0.3) is 5.56 Å². The molecule has 0 spiro atoms. The Morgan fingerprint density at radius 2 is 2.03 bits per heavy atom. The van der Waals surface area contributed by atoms with Crippen molar-refractivity contribution in [2.75, 3.05) is 19.8 Å². The number of aryl methyl sites for hydroxylation is 3. The molecule has 4 rings (SSSR count). The van der Waals surface area contributed by atoms with Gasteiger partial charge < -0.3 is 28.5 Å². The SMILES string of the molecule is Cc1cc(-c2nc3cc(CC[C@H](C(=O)OC(C)(C)C)[C@@H](C)O)ccc3n2CC2COCCO2)cn(C)c1=O. The number of imidazole rings is 1. The van der Waals surface area contributed by atoms with Crippen LogP contribution in [0.25, 0.3) is 22.4 Å².